The Hall–Kier alpha value is -1.69. The van der Waals surface area contributed by atoms with Crippen LogP contribution in [0.2, 0.25) is 0 Å². The van der Waals surface area contributed by atoms with Gasteiger partial charge < -0.3 is 10.1 Å². The largest absolute Gasteiger partial charge is 0.438 e. The van der Waals surface area contributed by atoms with E-state index >= 15 is 0 Å². The number of anilines is 1. The van der Waals surface area contributed by atoms with E-state index in [-0.39, 0.29) is 5.82 Å². The highest BCUT2D eigenvalue weighted by Gasteiger charge is 2.08. The van der Waals surface area contributed by atoms with Crippen LogP contribution in [0.4, 0.5) is 10.2 Å². The number of nitrogens with zero attached hydrogens (tertiary/aromatic N) is 2. The number of halogens is 2. The molecule has 0 aliphatic heterocycles. The summed E-state index contributed by atoms with van der Waals surface area (Å²) in [5, 5.41) is 3.12. The Morgan fingerprint density at radius 1 is 1.25 bits per heavy atom. The highest BCUT2D eigenvalue weighted by Crippen LogP contribution is 2.30. The molecule has 1 N–H and O–H groups in total. The third-order valence-corrected chi connectivity index (χ3v) is 3.19. The zero-order valence-corrected chi connectivity index (χ0v) is 12.9. The summed E-state index contributed by atoms with van der Waals surface area (Å²) in [6.45, 7) is 4.70. The molecule has 0 bridgehead atoms. The predicted molar refractivity (Wildman–Crippen MR) is 79.7 cm³/mol. The third-order valence-electron chi connectivity index (χ3n) is 2.53. The van der Waals surface area contributed by atoms with Gasteiger partial charge >= 0.3 is 0 Å². The summed E-state index contributed by atoms with van der Waals surface area (Å²) in [7, 11) is 0. The molecule has 0 spiro atoms. The molecule has 0 saturated heterocycles. The van der Waals surface area contributed by atoms with Gasteiger partial charge in [-0.05, 0) is 35.0 Å². The lowest BCUT2D eigenvalue weighted by atomic mass is 10.3. The van der Waals surface area contributed by atoms with E-state index in [1.807, 2.05) is 13.8 Å². The lowest BCUT2D eigenvalue weighted by Crippen LogP contribution is -2.04. The molecule has 1 aromatic heterocycles. The Bertz CT molecular complexity index is 607. The fourth-order valence-corrected chi connectivity index (χ4v) is 1.95. The fraction of sp³-hybridized carbons (Fsp3) is 0.286. The molecule has 6 heteroatoms. The monoisotopic (exact) mass is 339 g/mol. The maximum Gasteiger partial charge on any atom is 0.224 e. The average Bonchev–Trinajstić information content (AvgIpc) is 2.43. The number of aryl methyl sites for hydroxylation is 1. The number of hydrogen-bond donors (Lipinski definition) is 1. The molecule has 4 nitrogen and oxygen atoms in total. The molecule has 2 rings (SSSR count). The molecule has 0 atom stereocenters. The van der Waals surface area contributed by atoms with E-state index in [9.17, 15) is 4.39 Å². The summed E-state index contributed by atoms with van der Waals surface area (Å²) >= 11 is 3.32. The molecule has 106 valence electrons. The third kappa shape index (κ3) is 3.66. The van der Waals surface area contributed by atoms with E-state index in [0.717, 1.165) is 6.54 Å². The molecule has 0 radical (unpaired) electrons. The van der Waals surface area contributed by atoms with E-state index < -0.39 is 0 Å². The highest BCUT2D eigenvalue weighted by atomic mass is 79.9. The molecule has 0 saturated carbocycles. The van der Waals surface area contributed by atoms with Crippen molar-refractivity contribution >= 4 is 21.7 Å². The number of benzene rings is 1. The van der Waals surface area contributed by atoms with Gasteiger partial charge in [0.2, 0.25) is 5.88 Å². The van der Waals surface area contributed by atoms with Gasteiger partial charge in [0.15, 0.2) is 0 Å². The van der Waals surface area contributed by atoms with E-state index in [1.54, 1.807) is 12.1 Å². The summed E-state index contributed by atoms with van der Waals surface area (Å²) in [5.74, 6) is 1.78. The van der Waals surface area contributed by atoms with Gasteiger partial charge in [0.1, 0.15) is 23.2 Å². The summed E-state index contributed by atoms with van der Waals surface area (Å²) in [4.78, 5) is 8.62. The van der Waals surface area contributed by atoms with Crippen molar-refractivity contribution in [2.45, 2.75) is 20.3 Å². The summed E-state index contributed by atoms with van der Waals surface area (Å²) in [6.07, 6.45) is 0.694. The smallest absolute Gasteiger partial charge is 0.224 e. The number of aromatic nitrogens is 2. The molecule has 1 aromatic carbocycles. The average molecular weight is 340 g/mol. The first kappa shape index (κ1) is 14.7. The van der Waals surface area contributed by atoms with Gasteiger partial charge in [0, 0.05) is 25.1 Å². The van der Waals surface area contributed by atoms with Crippen LogP contribution in [0.1, 0.15) is 19.7 Å². The van der Waals surface area contributed by atoms with Crippen molar-refractivity contribution in [2.24, 2.45) is 0 Å². The Balaban J connectivity index is 2.32. The summed E-state index contributed by atoms with van der Waals surface area (Å²) in [6, 6.07) is 5.96. The molecule has 2 aromatic rings. The molecule has 0 fully saturated rings. The molecule has 0 aliphatic carbocycles. The lowest BCUT2D eigenvalue weighted by Gasteiger charge is -2.10. The number of rotatable bonds is 5. The normalized spacial score (nSPS) is 10.4. The summed E-state index contributed by atoms with van der Waals surface area (Å²) in [5.41, 5.74) is 0. The Labute approximate surface area is 125 Å². The minimum absolute atomic E-state index is 0.361. The summed E-state index contributed by atoms with van der Waals surface area (Å²) < 4.78 is 19.6. The van der Waals surface area contributed by atoms with E-state index in [2.05, 4.69) is 31.2 Å². The first-order valence-corrected chi connectivity index (χ1v) is 7.16. The van der Waals surface area contributed by atoms with Crippen molar-refractivity contribution < 1.29 is 9.13 Å². The Morgan fingerprint density at radius 3 is 2.75 bits per heavy atom. The second-order valence-corrected chi connectivity index (χ2v) is 4.92. The maximum atomic E-state index is 13.2. The van der Waals surface area contributed by atoms with Crippen molar-refractivity contribution in [1.82, 2.24) is 9.97 Å². The molecule has 0 aliphatic rings. The molecule has 0 unspecified atom stereocenters. The van der Waals surface area contributed by atoms with Gasteiger partial charge in [-0.3, -0.25) is 0 Å². The topological polar surface area (TPSA) is 47.0 Å². The van der Waals surface area contributed by atoms with Crippen molar-refractivity contribution in [2.75, 3.05) is 11.9 Å². The Morgan fingerprint density at radius 2 is 2.05 bits per heavy atom. The number of hydrogen-bond acceptors (Lipinski definition) is 4. The first-order valence-electron chi connectivity index (χ1n) is 6.37. The minimum Gasteiger partial charge on any atom is -0.438 e. The molecular formula is C14H15BrFN3O. The van der Waals surface area contributed by atoms with Crippen molar-refractivity contribution in [3.63, 3.8) is 0 Å². The van der Waals surface area contributed by atoms with Gasteiger partial charge in [-0.2, -0.15) is 4.98 Å². The van der Waals surface area contributed by atoms with E-state index in [1.165, 1.54) is 12.1 Å². The van der Waals surface area contributed by atoms with Crippen molar-refractivity contribution in [3.05, 3.63) is 40.4 Å². The van der Waals surface area contributed by atoms with Gasteiger partial charge in [0.05, 0.1) is 4.47 Å². The van der Waals surface area contributed by atoms with Crippen molar-refractivity contribution in [3.8, 4) is 11.6 Å². The van der Waals surface area contributed by atoms with Gasteiger partial charge in [-0.15, -0.1) is 0 Å². The fourth-order valence-electron chi connectivity index (χ4n) is 1.62. The van der Waals surface area contributed by atoms with Crippen molar-refractivity contribution in [1.29, 1.82) is 0 Å². The van der Waals surface area contributed by atoms with Crippen LogP contribution >= 0.6 is 15.9 Å². The zero-order valence-electron chi connectivity index (χ0n) is 11.3. The van der Waals surface area contributed by atoms with Crippen LogP contribution < -0.4 is 10.1 Å². The molecule has 20 heavy (non-hydrogen) atoms. The molecule has 1 heterocycles. The van der Waals surface area contributed by atoms with E-state index in [4.69, 9.17) is 4.74 Å². The van der Waals surface area contributed by atoms with E-state index in [0.29, 0.717) is 34.2 Å². The molecule has 0 amide bonds. The quantitative estimate of drug-likeness (QED) is 0.888. The highest BCUT2D eigenvalue weighted by molar-refractivity contribution is 9.10. The lowest BCUT2D eigenvalue weighted by molar-refractivity contribution is 0.452. The van der Waals surface area contributed by atoms with Gasteiger partial charge in [0.25, 0.3) is 0 Å². The maximum absolute atomic E-state index is 13.2. The SMILES string of the molecule is CCNc1cc(Oc2cc(F)ccc2Br)nc(CC)n1. The second-order valence-electron chi connectivity index (χ2n) is 4.07. The van der Waals surface area contributed by atoms with Crippen LogP contribution in [0.15, 0.2) is 28.7 Å². The first-order chi connectivity index (χ1) is 9.62. The standard InChI is InChI=1S/C14H15BrFN3O/c1-3-12-18-13(17-4-2)8-14(19-12)20-11-7-9(16)5-6-10(11)15/h5-8H,3-4H2,1-2H3,(H,17,18,19). The van der Waals surface area contributed by atoms with Gasteiger partial charge in [-0.1, -0.05) is 6.92 Å². The van der Waals surface area contributed by atoms with Crippen LogP contribution in [-0.2, 0) is 6.42 Å². The van der Waals surface area contributed by atoms with Gasteiger partial charge in [-0.25, -0.2) is 9.37 Å². The number of ether oxygens (including phenoxy) is 1. The minimum atomic E-state index is -0.361. The Kier molecular flexibility index (Phi) is 4.89. The second kappa shape index (κ2) is 6.65. The number of nitrogens with one attached hydrogen (secondary N) is 1. The van der Waals surface area contributed by atoms with Crippen LogP contribution in [0, 0.1) is 5.82 Å². The zero-order chi connectivity index (χ0) is 14.5. The predicted octanol–water partition coefficient (Wildman–Crippen LogP) is 4.16. The van der Waals surface area contributed by atoms with Crippen LogP contribution in [-0.4, -0.2) is 16.5 Å². The van der Waals surface area contributed by atoms with Crippen LogP contribution in [0.3, 0.4) is 0 Å². The van der Waals surface area contributed by atoms with Crippen LogP contribution in [0.25, 0.3) is 0 Å². The molecular weight excluding hydrogens is 325 g/mol. The van der Waals surface area contributed by atoms with Crippen LogP contribution in [0.5, 0.6) is 11.6 Å².